The summed E-state index contributed by atoms with van der Waals surface area (Å²) in [6.07, 6.45) is 5.84. The van der Waals surface area contributed by atoms with Crippen LogP contribution in [0.1, 0.15) is 60.1 Å². The van der Waals surface area contributed by atoms with Gasteiger partial charge in [-0.15, -0.1) is 5.10 Å². The molecule has 0 saturated carbocycles. The van der Waals surface area contributed by atoms with Crippen LogP contribution in [0, 0.1) is 5.41 Å². The van der Waals surface area contributed by atoms with E-state index in [0.29, 0.717) is 0 Å². The molecule has 0 fully saturated rings. The summed E-state index contributed by atoms with van der Waals surface area (Å²) in [5.74, 6) is 5.95. The Labute approximate surface area is 134 Å². The lowest BCUT2D eigenvalue weighted by atomic mass is 9.93. The number of allylic oxidation sites excluding steroid dienone is 1. The van der Waals surface area contributed by atoms with Crippen LogP contribution in [0.5, 0.6) is 0 Å². The van der Waals surface area contributed by atoms with Crippen molar-refractivity contribution in [2.75, 3.05) is 6.54 Å². The predicted molar refractivity (Wildman–Crippen MR) is 90.6 cm³/mol. The Bertz CT molecular complexity index is 489. The molecule has 6 nitrogen and oxygen atoms in total. The normalized spacial score (nSPS) is 13.5. The zero-order valence-electron chi connectivity index (χ0n) is 14.9. The van der Waals surface area contributed by atoms with Crippen molar-refractivity contribution in [1.29, 1.82) is 0 Å². The summed E-state index contributed by atoms with van der Waals surface area (Å²) >= 11 is 0. The van der Waals surface area contributed by atoms with Gasteiger partial charge in [-0.05, 0) is 12.8 Å². The van der Waals surface area contributed by atoms with E-state index in [1.165, 1.54) is 0 Å². The van der Waals surface area contributed by atoms with Crippen LogP contribution in [0.2, 0.25) is 0 Å². The van der Waals surface area contributed by atoms with Crippen LogP contribution in [-0.4, -0.2) is 26.5 Å². The Balaban J connectivity index is 2.35. The van der Waals surface area contributed by atoms with Crippen LogP contribution in [0.25, 0.3) is 0 Å². The molecule has 0 spiro atoms. The highest BCUT2D eigenvalue weighted by atomic mass is 15.4. The Morgan fingerprint density at radius 1 is 1.23 bits per heavy atom. The third kappa shape index (κ3) is 6.05. The van der Waals surface area contributed by atoms with E-state index in [1.54, 1.807) is 5.01 Å². The number of hydrazine groups is 1. The molecule has 22 heavy (non-hydrogen) atoms. The number of unbranched alkanes of at least 4 members (excludes halogenated alkanes) is 1. The number of nitrogens with two attached hydrogens (primary N) is 2. The highest BCUT2D eigenvalue weighted by Crippen LogP contribution is 2.20. The van der Waals surface area contributed by atoms with Gasteiger partial charge >= 0.3 is 0 Å². The van der Waals surface area contributed by atoms with Gasteiger partial charge < -0.3 is 10.7 Å². The fourth-order valence-corrected chi connectivity index (χ4v) is 1.76. The lowest BCUT2D eigenvalue weighted by Gasteiger charge is -2.22. The standard InChI is InChI=1S/C16H32N6/c1-15(2,3)13(17)11-21(18)9-7-8-10-22-12-14(19-20-22)16(4,5)6/h11-12H,7-10,17-18H2,1-6H3/b13-11-. The molecule has 6 heteroatoms. The minimum Gasteiger partial charge on any atom is -0.400 e. The molecular weight excluding hydrogens is 276 g/mol. The van der Waals surface area contributed by atoms with Crippen LogP contribution in [0.3, 0.4) is 0 Å². The topological polar surface area (TPSA) is 86.0 Å². The van der Waals surface area contributed by atoms with Gasteiger partial charge in [0.05, 0.1) is 5.69 Å². The molecule has 0 aliphatic heterocycles. The van der Waals surface area contributed by atoms with Crippen molar-refractivity contribution in [3.8, 4) is 0 Å². The maximum Gasteiger partial charge on any atom is 0.0880 e. The summed E-state index contributed by atoms with van der Waals surface area (Å²) in [5, 5.41) is 10.1. The van der Waals surface area contributed by atoms with Crippen molar-refractivity contribution in [2.45, 2.75) is 66.3 Å². The number of hydrogen-bond acceptors (Lipinski definition) is 5. The second-order valence-corrected chi connectivity index (χ2v) is 7.90. The van der Waals surface area contributed by atoms with Crippen molar-refractivity contribution >= 4 is 0 Å². The third-order valence-corrected chi connectivity index (χ3v) is 3.53. The maximum absolute atomic E-state index is 6.01. The molecule has 0 bridgehead atoms. The van der Waals surface area contributed by atoms with Gasteiger partial charge in [0, 0.05) is 42.0 Å². The van der Waals surface area contributed by atoms with Gasteiger partial charge in [0.2, 0.25) is 0 Å². The van der Waals surface area contributed by atoms with Crippen molar-refractivity contribution in [3.63, 3.8) is 0 Å². The first-order valence-electron chi connectivity index (χ1n) is 7.90. The van der Waals surface area contributed by atoms with E-state index in [2.05, 4.69) is 51.9 Å². The van der Waals surface area contributed by atoms with Crippen LogP contribution < -0.4 is 11.6 Å². The van der Waals surface area contributed by atoms with Crippen LogP contribution in [0.4, 0.5) is 0 Å². The highest BCUT2D eigenvalue weighted by molar-refractivity contribution is 5.06. The van der Waals surface area contributed by atoms with E-state index >= 15 is 0 Å². The van der Waals surface area contributed by atoms with E-state index in [-0.39, 0.29) is 10.8 Å². The molecule has 126 valence electrons. The van der Waals surface area contributed by atoms with E-state index in [0.717, 1.165) is 37.3 Å². The molecule has 1 aromatic heterocycles. The van der Waals surface area contributed by atoms with Crippen molar-refractivity contribution in [1.82, 2.24) is 20.0 Å². The Hall–Kier alpha value is -1.56. The molecule has 1 heterocycles. The van der Waals surface area contributed by atoms with Crippen LogP contribution in [-0.2, 0) is 12.0 Å². The fraction of sp³-hybridized carbons (Fsp3) is 0.750. The number of aromatic nitrogens is 3. The smallest absolute Gasteiger partial charge is 0.0880 e. The van der Waals surface area contributed by atoms with Crippen molar-refractivity contribution in [2.24, 2.45) is 17.0 Å². The molecule has 0 radical (unpaired) electrons. The largest absolute Gasteiger partial charge is 0.400 e. The minimum atomic E-state index is -0.0539. The van der Waals surface area contributed by atoms with Crippen molar-refractivity contribution in [3.05, 3.63) is 23.8 Å². The zero-order chi connectivity index (χ0) is 17.0. The quantitative estimate of drug-likeness (QED) is 0.479. The molecule has 0 atom stereocenters. The minimum absolute atomic E-state index is 0.0432. The summed E-state index contributed by atoms with van der Waals surface area (Å²) in [5.41, 5.74) is 7.81. The Morgan fingerprint density at radius 3 is 2.36 bits per heavy atom. The molecule has 0 amide bonds. The number of aryl methyl sites for hydroxylation is 1. The summed E-state index contributed by atoms with van der Waals surface area (Å²) < 4.78 is 1.90. The molecular formula is C16H32N6. The monoisotopic (exact) mass is 308 g/mol. The second-order valence-electron chi connectivity index (χ2n) is 7.90. The predicted octanol–water partition coefficient (Wildman–Crippen LogP) is 2.38. The fourth-order valence-electron chi connectivity index (χ4n) is 1.76. The number of nitrogens with zero attached hydrogens (tertiary/aromatic N) is 4. The average Bonchev–Trinajstić information content (AvgIpc) is 2.82. The van der Waals surface area contributed by atoms with Gasteiger partial charge in [-0.2, -0.15) is 0 Å². The van der Waals surface area contributed by atoms with Gasteiger partial charge in [0.25, 0.3) is 0 Å². The molecule has 1 aromatic rings. The molecule has 0 aliphatic carbocycles. The first-order valence-corrected chi connectivity index (χ1v) is 7.90. The van der Waals surface area contributed by atoms with Gasteiger partial charge in [0.1, 0.15) is 0 Å². The van der Waals surface area contributed by atoms with E-state index in [9.17, 15) is 0 Å². The van der Waals surface area contributed by atoms with Gasteiger partial charge in [-0.25, -0.2) is 5.84 Å². The van der Waals surface area contributed by atoms with E-state index in [4.69, 9.17) is 11.6 Å². The second kappa shape index (κ2) is 7.13. The SMILES string of the molecule is CC(C)(C)/C(N)=C/N(N)CCCCn1cc(C(C)(C)C)nn1. The molecule has 0 aromatic carbocycles. The zero-order valence-corrected chi connectivity index (χ0v) is 14.9. The third-order valence-electron chi connectivity index (χ3n) is 3.53. The first-order chi connectivity index (χ1) is 10.00. The van der Waals surface area contributed by atoms with Crippen LogP contribution in [0.15, 0.2) is 18.1 Å². The maximum atomic E-state index is 6.01. The Kier molecular flexibility index (Phi) is 6.00. The summed E-state index contributed by atoms with van der Waals surface area (Å²) in [4.78, 5) is 0. The molecule has 1 rings (SSSR count). The Morgan fingerprint density at radius 2 is 1.86 bits per heavy atom. The molecule has 0 unspecified atom stereocenters. The lowest BCUT2D eigenvalue weighted by Crippen LogP contribution is -2.30. The first kappa shape index (κ1) is 18.5. The molecule has 0 aliphatic rings. The number of rotatable bonds is 6. The molecule has 0 saturated heterocycles. The van der Waals surface area contributed by atoms with Gasteiger partial charge in [0.15, 0.2) is 0 Å². The molecule has 4 N–H and O–H groups in total. The average molecular weight is 308 g/mol. The van der Waals surface area contributed by atoms with Gasteiger partial charge in [-0.1, -0.05) is 46.8 Å². The van der Waals surface area contributed by atoms with E-state index < -0.39 is 0 Å². The number of hydrogen-bond donors (Lipinski definition) is 2. The summed E-state index contributed by atoms with van der Waals surface area (Å²) in [7, 11) is 0. The van der Waals surface area contributed by atoms with Gasteiger partial charge in [-0.3, -0.25) is 4.68 Å². The highest BCUT2D eigenvalue weighted by Gasteiger charge is 2.17. The summed E-state index contributed by atoms with van der Waals surface area (Å²) in [6, 6.07) is 0. The van der Waals surface area contributed by atoms with Crippen molar-refractivity contribution < 1.29 is 0 Å². The summed E-state index contributed by atoms with van der Waals surface area (Å²) in [6.45, 7) is 14.3. The van der Waals surface area contributed by atoms with E-state index in [1.807, 2.05) is 17.1 Å². The lowest BCUT2D eigenvalue weighted by molar-refractivity contribution is 0.357. The van der Waals surface area contributed by atoms with Crippen LogP contribution >= 0.6 is 0 Å².